The molecule has 2 unspecified atom stereocenters. The van der Waals surface area contributed by atoms with Gasteiger partial charge in [-0.15, -0.1) is 0 Å². The second-order valence-corrected chi connectivity index (χ2v) is 5.88. The van der Waals surface area contributed by atoms with Gasteiger partial charge in [-0.3, -0.25) is 4.79 Å². The van der Waals surface area contributed by atoms with Crippen molar-refractivity contribution in [3.8, 4) is 0 Å². The number of carbonyl (C=O) groups is 1. The number of aliphatic hydroxyl groups excluding tert-OH is 2. The Morgan fingerprint density at radius 3 is 2.76 bits per heavy atom. The van der Waals surface area contributed by atoms with Crippen LogP contribution in [0.15, 0.2) is 11.6 Å². The van der Waals surface area contributed by atoms with Gasteiger partial charge < -0.3 is 10.2 Å². The third-order valence-electron chi connectivity index (χ3n) is 4.66. The second kappa shape index (κ2) is 3.92. The van der Waals surface area contributed by atoms with E-state index in [1.165, 1.54) is 0 Å². The van der Waals surface area contributed by atoms with Crippen LogP contribution in [0.1, 0.15) is 44.9 Å². The molecule has 2 N–H and O–H groups in total. The summed E-state index contributed by atoms with van der Waals surface area (Å²) in [5.74, 6) is 0.577. The molecule has 0 amide bonds. The molecule has 0 spiro atoms. The molecule has 3 aliphatic carbocycles. The minimum absolute atomic E-state index is 0.235. The topological polar surface area (TPSA) is 57.5 Å². The average Bonchev–Trinajstić information content (AvgIpc) is 3.13. The predicted octanol–water partition coefficient (Wildman–Crippen LogP) is 1.58. The van der Waals surface area contributed by atoms with E-state index in [0.29, 0.717) is 12.2 Å². The van der Waals surface area contributed by atoms with Crippen molar-refractivity contribution < 1.29 is 15.0 Å². The number of carbonyl (C=O) groups excluding carboxylic acids is 1. The molecule has 2 saturated carbocycles. The van der Waals surface area contributed by atoms with Gasteiger partial charge in [0.05, 0.1) is 17.6 Å². The van der Waals surface area contributed by atoms with Crippen molar-refractivity contribution in [1.82, 2.24) is 0 Å². The number of allylic oxidation sites excluding steroid dienone is 1. The fraction of sp³-hybridized carbons (Fsp3) is 0.786. The van der Waals surface area contributed by atoms with Crippen LogP contribution >= 0.6 is 0 Å². The van der Waals surface area contributed by atoms with E-state index in [-0.39, 0.29) is 5.92 Å². The van der Waals surface area contributed by atoms with Crippen LogP contribution < -0.4 is 0 Å². The van der Waals surface area contributed by atoms with Gasteiger partial charge in [0.25, 0.3) is 0 Å². The van der Waals surface area contributed by atoms with E-state index in [1.807, 2.05) is 0 Å². The van der Waals surface area contributed by atoms with Crippen molar-refractivity contribution in [3.63, 3.8) is 0 Å². The summed E-state index contributed by atoms with van der Waals surface area (Å²) in [6.07, 6.45) is 6.66. The fourth-order valence-electron chi connectivity index (χ4n) is 3.53. The lowest BCUT2D eigenvalue weighted by Crippen LogP contribution is -2.46. The first-order valence-electron chi connectivity index (χ1n) is 6.75. The molecule has 0 aromatic carbocycles. The molecule has 3 aliphatic rings. The summed E-state index contributed by atoms with van der Waals surface area (Å²) >= 11 is 0. The Kier molecular flexibility index (Phi) is 2.64. The zero-order chi connectivity index (χ0) is 12.0. The summed E-state index contributed by atoms with van der Waals surface area (Å²) in [5, 5.41) is 19.6. The molecule has 0 bridgehead atoms. The number of fused-ring (bicyclic) bond motifs is 1. The molecule has 0 aromatic heterocycles. The lowest BCUT2D eigenvalue weighted by atomic mass is 9.60. The first-order chi connectivity index (χ1) is 8.13. The monoisotopic (exact) mass is 236 g/mol. The third kappa shape index (κ3) is 1.76. The Labute approximate surface area is 102 Å². The summed E-state index contributed by atoms with van der Waals surface area (Å²) in [4.78, 5) is 12.5. The molecule has 3 nitrogen and oxygen atoms in total. The van der Waals surface area contributed by atoms with E-state index in [0.717, 1.165) is 44.1 Å². The molecule has 17 heavy (non-hydrogen) atoms. The van der Waals surface area contributed by atoms with Crippen LogP contribution in [0.4, 0.5) is 0 Å². The highest BCUT2D eigenvalue weighted by Crippen LogP contribution is 2.52. The van der Waals surface area contributed by atoms with Gasteiger partial charge in [0.1, 0.15) is 5.78 Å². The normalized spacial score (nSPS) is 41.6. The number of hydrogen-bond donors (Lipinski definition) is 2. The molecular weight excluding hydrogens is 216 g/mol. The number of aliphatic hydroxyl groups is 2. The second-order valence-electron chi connectivity index (χ2n) is 5.88. The predicted molar refractivity (Wildman–Crippen MR) is 63.3 cm³/mol. The van der Waals surface area contributed by atoms with Crippen molar-refractivity contribution >= 4 is 5.78 Å². The number of ketones is 1. The summed E-state index contributed by atoms with van der Waals surface area (Å²) in [6.45, 7) is 0. The molecule has 0 radical (unpaired) electrons. The lowest BCUT2D eigenvalue weighted by Gasteiger charge is -2.44. The van der Waals surface area contributed by atoms with Crippen LogP contribution in [-0.4, -0.2) is 28.2 Å². The van der Waals surface area contributed by atoms with Gasteiger partial charge in [0, 0.05) is 5.92 Å². The Hall–Kier alpha value is -0.670. The summed E-state index contributed by atoms with van der Waals surface area (Å²) in [5.41, 5.74) is 0.691. The first-order valence-corrected chi connectivity index (χ1v) is 6.75. The van der Waals surface area contributed by atoms with Crippen molar-refractivity contribution in [2.75, 3.05) is 0 Å². The molecule has 0 heterocycles. The molecular formula is C14H20O3. The van der Waals surface area contributed by atoms with Crippen molar-refractivity contribution in [2.45, 2.75) is 57.2 Å². The van der Waals surface area contributed by atoms with Crippen molar-refractivity contribution in [1.29, 1.82) is 0 Å². The number of rotatable bonds is 2. The van der Waals surface area contributed by atoms with Gasteiger partial charge in [0.2, 0.25) is 0 Å². The summed E-state index contributed by atoms with van der Waals surface area (Å²) in [7, 11) is 0. The zero-order valence-electron chi connectivity index (χ0n) is 10.1. The molecule has 0 aliphatic heterocycles. The lowest BCUT2D eigenvalue weighted by molar-refractivity contribution is -0.132. The maximum Gasteiger partial charge on any atom is 0.146 e. The Bertz CT molecular complexity index is 370. The highest BCUT2D eigenvalue weighted by atomic mass is 16.3. The van der Waals surface area contributed by atoms with Gasteiger partial charge in [0.15, 0.2) is 0 Å². The third-order valence-corrected chi connectivity index (χ3v) is 4.66. The average molecular weight is 236 g/mol. The molecule has 3 heteroatoms. The van der Waals surface area contributed by atoms with Crippen molar-refractivity contribution in [3.05, 3.63) is 11.6 Å². The smallest absolute Gasteiger partial charge is 0.146 e. The summed E-state index contributed by atoms with van der Waals surface area (Å²) < 4.78 is 0. The van der Waals surface area contributed by atoms with Crippen molar-refractivity contribution in [2.24, 2.45) is 11.3 Å². The van der Waals surface area contributed by atoms with Crippen LogP contribution in [0.2, 0.25) is 0 Å². The van der Waals surface area contributed by atoms with E-state index < -0.39 is 17.6 Å². The van der Waals surface area contributed by atoms with E-state index in [2.05, 4.69) is 0 Å². The molecule has 3 rings (SSSR count). The van der Waals surface area contributed by atoms with Gasteiger partial charge in [-0.25, -0.2) is 0 Å². The molecule has 0 saturated heterocycles. The standard InChI is InChI=1S/C14H20O3/c15-11-7-10-3-1-2-6-14(10,8-12(11)16)13(17)9-4-5-9/h7,9,11-12,15-16H,1-6,8H2/t11?,12?,14-/m1/s1. The minimum Gasteiger partial charge on any atom is -0.390 e. The maximum absolute atomic E-state index is 12.5. The maximum atomic E-state index is 12.5. The zero-order valence-corrected chi connectivity index (χ0v) is 10.1. The highest BCUT2D eigenvalue weighted by Gasteiger charge is 2.51. The van der Waals surface area contributed by atoms with Gasteiger partial charge in [-0.2, -0.15) is 0 Å². The largest absolute Gasteiger partial charge is 0.390 e. The van der Waals surface area contributed by atoms with Gasteiger partial charge in [-0.1, -0.05) is 18.1 Å². The fourth-order valence-corrected chi connectivity index (χ4v) is 3.53. The van der Waals surface area contributed by atoms with Gasteiger partial charge in [-0.05, 0) is 38.5 Å². The molecule has 94 valence electrons. The molecule has 2 fully saturated rings. The van der Waals surface area contributed by atoms with E-state index >= 15 is 0 Å². The SMILES string of the molecule is O=C(C1CC1)[C@@]12CCCCC1=CC(O)C(O)C2. The highest BCUT2D eigenvalue weighted by molar-refractivity contribution is 5.92. The van der Waals surface area contributed by atoms with E-state index in [1.54, 1.807) is 6.08 Å². The Morgan fingerprint density at radius 2 is 2.06 bits per heavy atom. The summed E-state index contributed by atoms with van der Waals surface area (Å²) in [6, 6.07) is 0. The minimum atomic E-state index is -0.775. The van der Waals surface area contributed by atoms with Crippen LogP contribution in [0.25, 0.3) is 0 Å². The Morgan fingerprint density at radius 1 is 1.29 bits per heavy atom. The first kappa shape index (κ1) is 11.4. The van der Waals surface area contributed by atoms with Crippen LogP contribution in [0.3, 0.4) is 0 Å². The van der Waals surface area contributed by atoms with E-state index in [4.69, 9.17) is 0 Å². The number of Topliss-reactive ketones (excluding diaryl/α,β-unsaturated/α-hetero) is 1. The van der Waals surface area contributed by atoms with Crippen LogP contribution in [0, 0.1) is 11.3 Å². The molecule has 0 aromatic rings. The van der Waals surface area contributed by atoms with Crippen LogP contribution in [0.5, 0.6) is 0 Å². The Balaban J connectivity index is 1.97. The van der Waals surface area contributed by atoms with Crippen LogP contribution in [-0.2, 0) is 4.79 Å². The molecule has 3 atom stereocenters. The quantitative estimate of drug-likeness (QED) is 0.716. The van der Waals surface area contributed by atoms with Gasteiger partial charge >= 0.3 is 0 Å². The number of hydrogen-bond acceptors (Lipinski definition) is 3. The van der Waals surface area contributed by atoms with E-state index in [9.17, 15) is 15.0 Å².